The lowest BCUT2D eigenvalue weighted by Gasteiger charge is -2.42. The van der Waals surface area contributed by atoms with Crippen LogP contribution in [-0.4, -0.2) is 61.7 Å². The molecule has 2 heterocycles. The lowest BCUT2D eigenvalue weighted by atomic mass is 9.96. The Kier molecular flexibility index (Phi) is 4.76. The molecule has 0 aromatic rings. The second-order valence-corrected chi connectivity index (χ2v) is 4.73. The van der Waals surface area contributed by atoms with Crippen molar-refractivity contribution in [3.63, 3.8) is 0 Å². The minimum atomic E-state index is -0.0233. The Morgan fingerprint density at radius 2 is 1.65 bits per heavy atom. The molecule has 0 aromatic heterocycles. The number of ether oxygens (including phenoxy) is 2. The maximum absolute atomic E-state index is 5.92. The SMILES string of the molecule is CCC1(CC)CN(ON2CCOCC2)CCO1. The van der Waals surface area contributed by atoms with Crippen molar-refractivity contribution in [2.24, 2.45) is 0 Å². The molecule has 0 unspecified atom stereocenters. The molecular formula is C12H24N2O3. The van der Waals surface area contributed by atoms with Gasteiger partial charge in [0.1, 0.15) is 0 Å². The predicted molar refractivity (Wildman–Crippen MR) is 64.3 cm³/mol. The van der Waals surface area contributed by atoms with Crippen molar-refractivity contribution in [1.29, 1.82) is 0 Å². The van der Waals surface area contributed by atoms with Crippen LogP contribution in [-0.2, 0) is 14.4 Å². The van der Waals surface area contributed by atoms with Gasteiger partial charge in [0.25, 0.3) is 0 Å². The summed E-state index contributed by atoms with van der Waals surface area (Å²) in [6, 6.07) is 0. The molecule has 0 spiro atoms. The Bertz CT molecular complexity index is 228. The minimum absolute atomic E-state index is 0.0233. The van der Waals surface area contributed by atoms with Crippen LogP contribution < -0.4 is 0 Å². The van der Waals surface area contributed by atoms with Gasteiger partial charge in [0, 0.05) is 19.6 Å². The topological polar surface area (TPSA) is 34.2 Å². The van der Waals surface area contributed by atoms with Crippen molar-refractivity contribution < 1.29 is 14.4 Å². The average Bonchev–Trinajstić information content (AvgIpc) is 2.40. The summed E-state index contributed by atoms with van der Waals surface area (Å²) < 4.78 is 11.2. The van der Waals surface area contributed by atoms with Gasteiger partial charge in [-0.25, -0.2) is 4.94 Å². The summed E-state index contributed by atoms with van der Waals surface area (Å²) in [5.41, 5.74) is -0.0233. The Morgan fingerprint density at radius 1 is 1.00 bits per heavy atom. The van der Waals surface area contributed by atoms with Gasteiger partial charge in [-0.2, -0.15) is 10.1 Å². The van der Waals surface area contributed by atoms with Gasteiger partial charge in [-0.1, -0.05) is 13.8 Å². The highest BCUT2D eigenvalue weighted by molar-refractivity contribution is 4.83. The number of hydrogen-bond donors (Lipinski definition) is 0. The highest BCUT2D eigenvalue weighted by Gasteiger charge is 2.34. The number of hydroxylamine groups is 4. The van der Waals surface area contributed by atoms with Crippen LogP contribution in [0.15, 0.2) is 0 Å². The summed E-state index contributed by atoms with van der Waals surface area (Å²) in [5, 5.41) is 4.03. The zero-order chi connectivity index (χ0) is 12.1. The molecule has 0 amide bonds. The van der Waals surface area contributed by atoms with Crippen molar-refractivity contribution >= 4 is 0 Å². The first-order valence-corrected chi connectivity index (χ1v) is 6.68. The Labute approximate surface area is 104 Å². The molecule has 5 nitrogen and oxygen atoms in total. The van der Waals surface area contributed by atoms with Crippen LogP contribution in [0.3, 0.4) is 0 Å². The van der Waals surface area contributed by atoms with E-state index in [4.69, 9.17) is 14.4 Å². The quantitative estimate of drug-likeness (QED) is 0.738. The fourth-order valence-corrected chi connectivity index (χ4v) is 2.35. The lowest BCUT2D eigenvalue weighted by molar-refractivity contribution is -0.364. The fourth-order valence-electron chi connectivity index (χ4n) is 2.35. The first-order valence-electron chi connectivity index (χ1n) is 6.68. The average molecular weight is 244 g/mol. The zero-order valence-electron chi connectivity index (χ0n) is 11.0. The van der Waals surface area contributed by atoms with Crippen molar-refractivity contribution in [3.05, 3.63) is 0 Å². The minimum Gasteiger partial charge on any atom is -0.379 e. The fraction of sp³-hybridized carbons (Fsp3) is 1.00. The van der Waals surface area contributed by atoms with E-state index in [2.05, 4.69) is 13.8 Å². The highest BCUT2D eigenvalue weighted by Crippen LogP contribution is 2.25. The van der Waals surface area contributed by atoms with Gasteiger partial charge in [0.2, 0.25) is 0 Å². The predicted octanol–water partition coefficient (Wildman–Crippen LogP) is 1.06. The van der Waals surface area contributed by atoms with E-state index >= 15 is 0 Å². The van der Waals surface area contributed by atoms with Gasteiger partial charge in [-0.3, -0.25) is 0 Å². The molecule has 2 aliphatic rings. The van der Waals surface area contributed by atoms with Crippen LogP contribution in [0.4, 0.5) is 0 Å². The molecule has 2 aliphatic heterocycles. The van der Waals surface area contributed by atoms with E-state index in [0.29, 0.717) is 0 Å². The van der Waals surface area contributed by atoms with E-state index < -0.39 is 0 Å². The van der Waals surface area contributed by atoms with E-state index in [9.17, 15) is 0 Å². The van der Waals surface area contributed by atoms with E-state index in [1.54, 1.807) is 0 Å². The molecule has 0 aliphatic carbocycles. The molecule has 0 atom stereocenters. The third kappa shape index (κ3) is 3.39. The third-order valence-corrected chi connectivity index (χ3v) is 3.70. The molecule has 2 saturated heterocycles. The van der Waals surface area contributed by atoms with E-state index in [0.717, 1.165) is 58.8 Å². The molecule has 0 saturated carbocycles. The molecule has 17 heavy (non-hydrogen) atoms. The maximum Gasteiger partial charge on any atom is 0.0828 e. The van der Waals surface area contributed by atoms with Crippen LogP contribution >= 0.6 is 0 Å². The van der Waals surface area contributed by atoms with Crippen molar-refractivity contribution in [2.45, 2.75) is 32.3 Å². The van der Waals surface area contributed by atoms with Gasteiger partial charge in [0.15, 0.2) is 0 Å². The Hall–Kier alpha value is -0.200. The second kappa shape index (κ2) is 6.11. The Balaban J connectivity index is 1.84. The van der Waals surface area contributed by atoms with E-state index in [1.807, 2.05) is 10.1 Å². The van der Waals surface area contributed by atoms with Crippen molar-refractivity contribution in [3.8, 4) is 0 Å². The maximum atomic E-state index is 5.92. The van der Waals surface area contributed by atoms with Gasteiger partial charge in [0.05, 0.1) is 32.0 Å². The summed E-state index contributed by atoms with van der Waals surface area (Å²) in [7, 11) is 0. The first kappa shape index (κ1) is 13.2. The van der Waals surface area contributed by atoms with E-state index in [-0.39, 0.29) is 5.60 Å². The smallest absolute Gasteiger partial charge is 0.0828 e. The number of hydrogen-bond acceptors (Lipinski definition) is 5. The molecule has 5 heteroatoms. The molecule has 2 fully saturated rings. The zero-order valence-corrected chi connectivity index (χ0v) is 11.0. The molecule has 0 bridgehead atoms. The standard InChI is InChI=1S/C12H24N2O3/c1-3-12(4-2)11-14(7-10-16-12)17-13-5-8-15-9-6-13/h3-11H2,1-2H3. The third-order valence-electron chi connectivity index (χ3n) is 3.70. The van der Waals surface area contributed by atoms with Crippen LogP contribution in [0.5, 0.6) is 0 Å². The summed E-state index contributed by atoms with van der Waals surface area (Å²) in [5.74, 6) is 0. The van der Waals surface area contributed by atoms with Crippen LogP contribution in [0, 0.1) is 0 Å². The normalized spacial score (nSPS) is 27.2. The summed E-state index contributed by atoms with van der Waals surface area (Å²) >= 11 is 0. The monoisotopic (exact) mass is 244 g/mol. The largest absolute Gasteiger partial charge is 0.379 e. The number of morpholine rings is 2. The van der Waals surface area contributed by atoms with Crippen LogP contribution in [0.25, 0.3) is 0 Å². The second-order valence-electron chi connectivity index (χ2n) is 4.73. The number of nitrogens with zero attached hydrogens (tertiary/aromatic N) is 2. The van der Waals surface area contributed by atoms with Crippen molar-refractivity contribution in [2.75, 3.05) is 46.0 Å². The summed E-state index contributed by atoms with van der Waals surface area (Å²) in [4.78, 5) is 5.90. The number of rotatable bonds is 4. The highest BCUT2D eigenvalue weighted by atomic mass is 16.8. The molecule has 0 N–H and O–H groups in total. The summed E-state index contributed by atoms with van der Waals surface area (Å²) in [6.07, 6.45) is 2.07. The molecule has 100 valence electrons. The molecule has 0 aromatic carbocycles. The van der Waals surface area contributed by atoms with Crippen molar-refractivity contribution in [1.82, 2.24) is 10.1 Å². The Morgan fingerprint density at radius 3 is 2.29 bits per heavy atom. The lowest BCUT2D eigenvalue weighted by Crippen LogP contribution is -2.54. The van der Waals surface area contributed by atoms with E-state index in [1.165, 1.54) is 0 Å². The first-order chi connectivity index (χ1) is 8.28. The molecule has 0 radical (unpaired) electrons. The summed E-state index contributed by atoms with van der Waals surface area (Å²) in [6.45, 7) is 10.0. The van der Waals surface area contributed by atoms with Gasteiger partial charge in [-0.05, 0) is 12.8 Å². The molecule has 2 rings (SSSR count). The van der Waals surface area contributed by atoms with Crippen LogP contribution in [0.1, 0.15) is 26.7 Å². The van der Waals surface area contributed by atoms with Crippen LogP contribution in [0.2, 0.25) is 0 Å². The van der Waals surface area contributed by atoms with Gasteiger partial charge < -0.3 is 9.47 Å². The van der Waals surface area contributed by atoms with Gasteiger partial charge >= 0.3 is 0 Å². The van der Waals surface area contributed by atoms with Gasteiger partial charge in [-0.15, -0.1) is 0 Å². The molecular weight excluding hydrogens is 220 g/mol.